The van der Waals surface area contributed by atoms with E-state index < -0.39 is 11.7 Å². The van der Waals surface area contributed by atoms with Crippen LogP contribution in [0.4, 0.5) is 15.8 Å². The Morgan fingerprint density at radius 1 is 1.21 bits per heavy atom. The Bertz CT molecular complexity index is 815. The molecule has 0 fully saturated rings. The minimum Gasteiger partial charge on any atom is -0.482 e. The summed E-state index contributed by atoms with van der Waals surface area (Å²) in [5.74, 6) is -1.28. The summed E-state index contributed by atoms with van der Waals surface area (Å²) in [7, 11) is 0. The van der Waals surface area contributed by atoms with Crippen molar-refractivity contribution in [2.75, 3.05) is 17.2 Å². The van der Waals surface area contributed by atoms with Crippen LogP contribution in [0.2, 0.25) is 0 Å². The van der Waals surface area contributed by atoms with Crippen molar-refractivity contribution in [3.8, 4) is 11.8 Å². The fourth-order valence-electron chi connectivity index (χ4n) is 1.92. The van der Waals surface area contributed by atoms with Gasteiger partial charge in [-0.25, -0.2) is 4.39 Å². The Kier molecular flexibility index (Phi) is 5.47. The van der Waals surface area contributed by atoms with E-state index in [-0.39, 0.29) is 24.0 Å². The van der Waals surface area contributed by atoms with Gasteiger partial charge >= 0.3 is 0 Å². The van der Waals surface area contributed by atoms with Gasteiger partial charge in [0.05, 0.1) is 11.3 Å². The molecule has 0 aromatic heterocycles. The van der Waals surface area contributed by atoms with Crippen molar-refractivity contribution in [2.45, 2.75) is 6.92 Å². The highest BCUT2D eigenvalue weighted by molar-refractivity contribution is 5.94. The topological polar surface area (TPSA) is 91.2 Å². The molecule has 0 unspecified atom stereocenters. The number of nitrogens with zero attached hydrogens (tertiary/aromatic N) is 1. The maximum atomic E-state index is 13.7. The predicted molar refractivity (Wildman–Crippen MR) is 86.0 cm³/mol. The Balaban J connectivity index is 2.02. The van der Waals surface area contributed by atoms with Crippen LogP contribution in [0.15, 0.2) is 42.5 Å². The van der Waals surface area contributed by atoms with Crippen LogP contribution in [-0.2, 0) is 9.59 Å². The number of benzene rings is 2. The maximum absolute atomic E-state index is 13.7. The molecule has 0 aliphatic carbocycles. The molecule has 0 heterocycles. The molecule has 0 atom stereocenters. The summed E-state index contributed by atoms with van der Waals surface area (Å²) in [5.41, 5.74) is 0.572. The van der Waals surface area contributed by atoms with Gasteiger partial charge in [-0.1, -0.05) is 12.1 Å². The molecule has 0 radical (unpaired) electrons. The largest absolute Gasteiger partial charge is 0.482 e. The van der Waals surface area contributed by atoms with Crippen LogP contribution < -0.4 is 15.4 Å². The number of halogens is 1. The SMILES string of the molecule is CC(=O)Nc1ccc(F)c(NC(=O)COc2ccccc2C#N)c1. The van der Waals surface area contributed by atoms with E-state index in [0.29, 0.717) is 11.3 Å². The molecular formula is C17H14FN3O3. The normalized spacial score (nSPS) is 9.71. The lowest BCUT2D eigenvalue weighted by Crippen LogP contribution is -2.21. The fraction of sp³-hybridized carbons (Fsp3) is 0.118. The molecular weight excluding hydrogens is 313 g/mol. The summed E-state index contributed by atoms with van der Waals surface area (Å²) >= 11 is 0. The number of hydrogen-bond donors (Lipinski definition) is 2. The van der Waals surface area contributed by atoms with E-state index >= 15 is 0 Å². The fourth-order valence-corrected chi connectivity index (χ4v) is 1.92. The molecule has 0 aliphatic rings. The Morgan fingerprint density at radius 2 is 1.96 bits per heavy atom. The quantitative estimate of drug-likeness (QED) is 0.883. The lowest BCUT2D eigenvalue weighted by molar-refractivity contribution is -0.118. The molecule has 7 heteroatoms. The molecule has 0 saturated heterocycles. The number of amides is 2. The van der Waals surface area contributed by atoms with Crippen molar-refractivity contribution in [3.05, 3.63) is 53.8 Å². The summed E-state index contributed by atoms with van der Waals surface area (Å²) < 4.78 is 19.0. The molecule has 2 N–H and O–H groups in total. The number of anilines is 2. The number of nitriles is 1. The van der Waals surface area contributed by atoms with Gasteiger partial charge in [0, 0.05) is 12.6 Å². The van der Waals surface area contributed by atoms with E-state index in [1.54, 1.807) is 24.3 Å². The summed E-state index contributed by atoms with van der Waals surface area (Å²) in [6, 6.07) is 12.2. The van der Waals surface area contributed by atoms with Gasteiger partial charge < -0.3 is 15.4 Å². The smallest absolute Gasteiger partial charge is 0.262 e. The highest BCUT2D eigenvalue weighted by Gasteiger charge is 2.10. The van der Waals surface area contributed by atoms with Crippen molar-refractivity contribution in [1.82, 2.24) is 0 Å². The number of para-hydroxylation sites is 1. The summed E-state index contributed by atoms with van der Waals surface area (Å²) in [5, 5.41) is 13.8. The van der Waals surface area contributed by atoms with Crippen LogP contribution >= 0.6 is 0 Å². The molecule has 122 valence electrons. The Hall–Kier alpha value is -3.40. The minimum atomic E-state index is -0.644. The molecule has 2 rings (SSSR count). The molecule has 2 aromatic carbocycles. The summed E-state index contributed by atoms with van der Waals surface area (Å²) in [4.78, 5) is 22.9. The second-order valence-electron chi connectivity index (χ2n) is 4.82. The van der Waals surface area contributed by atoms with E-state index in [9.17, 15) is 14.0 Å². The van der Waals surface area contributed by atoms with Gasteiger partial charge in [0.15, 0.2) is 6.61 Å². The van der Waals surface area contributed by atoms with Gasteiger partial charge in [0.1, 0.15) is 17.6 Å². The third-order valence-corrected chi connectivity index (χ3v) is 2.93. The average Bonchev–Trinajstić information content (AvgIpc) is 2.55. The van der Waals surface area contributed by atoms with E-state index in [1.165, 1.54) is 19.1 Å². The standard InChI is InChI=1S/C17H14FN3O3/c1-11(22)20-13-6-7-14(18)15(8-13)21-17(23)10-24-16-5-3-2-4-12(16)9-19/h2-8H,10H2,1H3,(H,20,22)(H,21,23). The van der Waals surface area contributed by atoms with Crippen LogP contribution in [0.3, 0.4) is 0 Å². The van der Waals surface area contributed by atoms with Crippen LogP contribution in [0, 0.1) is 17.1 Å². The molecule has 0 bridgehead atoms. The Labute approximate surface area is 137 Å². The van der Waals surface area contributed by atoms with Crippen molar-refractivity contribution in [1.29, 1.82) is 5.26 Å². The molecule has 6 nitrogen and oxygen atoms in total. The third kappa shape index (κ3) is 4.55. The van der Waals surface area contributed by atoms with Gasteiger partial charge in [0.2, 0.25) is 5.91 Å². The first-order valence-electron chi connectivity index (χ1n) is 6.98. The van der Waals surface area contributed by atoms with Crippen LogP contribution in [-0.4, -0.2) is 18.4 Å². The van der Waals surface area contributed by atoms with Crippen LogP contribution in [0.1, 0.15) is 12.5 Å². The van der Waals surface area contributed by atoms with Crippen molar-refractivity contribution in [2.24, 2.45) is 0 Å². The van der Waals surface area contributed by atoms with E-state index in [0.717, 1.165) is 6.07 Å². The average molecular weight is 327 g/mol. The van der Waals surface area contributed by atoms with Crippen molar-refractivity contribution >= 4 is 23.2 Å². The van der Waals surface area contributed by atoms with Gasteiger partial charge in [-0.3, -0.25) is 9.59 Å². The van der Waals surface area contributed by atoms with Gasteiger partial charge in [-0.2, -0.15) is 5.26 Å². The van der Waals surface area contributed by atoms with Crippen molar-refractivity contribution < 1.29 is 18.7 Å². The monoisotopic (exact) mass is 327 g/mol. The number of hydrogen-bond acceptors (Lipinski definition) is 4. The molecule has 24 heavy (non-hydrogen) atoms. The third-order valence-electron chi connectivity index (χ3n) is 2.93. The number of carbonyl (C=O) groups excluding carboxylic acids is 2. The predicted octanol–water partition coefficient (Wildman–Crippen LogP) is 2.67. The van der Waals surface area contributed by atoms with Gasteiger partial charge in [-0.15, -0.1) is 0 Å². The highest BCUT2D eigenvalue weighted by Crippen LogP contribution is 2.20. The number of nitrogens with one attached hydrogen (secondary N) is 2. The first-order valence-corrected chi connectivity index (χ1v) is 6.98. The minimum absolute atomic E-state index is 0.0802. The zero-order valence-corrected chi connectivity index (χ0v) is 12.8. The maximum Gasteiger partial charge on any atom is 0.262 e. The zero-order valence-electron chi connectivity index (χ0n) is 12.8. The van der Waals surface area contributed by atoms with E-state index in [2.05, 4.69) is 10.6 Å². The highest BCUT2D eigenvalue weighted by atomic mass is 19.1. The van der Waals surface area contributed by atoms with E-state index in [1.807, 2.05) is 6.07 Å². The van der Waals surface area contributed by atoms with Gasteiger partial charge in [-0.05, 0) is 30.3 Å². The first kappa shape index (κ1) is 17.0. The second kappa shape index (κ2) is 7.74. The first-order chi connectivity index (χ1) is 11.5. The van der Waals surface area contributed by atoms with E-state index in [4.69, 9.17) is 10.00 Å². The van der Waals surface area contributed by atoms with Gasteiger partial charge in [0.25, 0.3) is 5.91 Å². The lowest BCUT2D eigenvalue weighted by Gasteiger charge is -2.10. The molecule has 2 aromatic rings. The van der Waals surface area contributed by atoms with Crippen molar-refractivity contribution in [3.63, 3.8) is 0 Å². The van der Waals surface area contributed by atoms with Crippen LogP contribution in [0.25, 0.3) is 0 Å². The summed E-state index contributed by atoms with van der Waals surface area (Å²) in [6.45, 7) is 0.935. The molecule has 0 saturated carbocycles. The summed E-state index contributed by atoms with van der Waals surface area (Å²) in [6.07, 6.45) is 0. The van der Waals surface area contributed by atoms with Crippen LogP contribution in [0.5, 0.6) is 5.75 Å². The molecule has 0 aliphatic heterocycles. The number of carbonyl (C=O) groups is 2. The second-order valence-corrected chi connectivity index (χ2v) is 4.82. The zero-order chi connectivity index (χ0) is 17.5. The number of ether oxygens (including phenoxy) is 1. The molecule has 2 amide bonds. The number of rotatable bonds is 5. The molecule has 0 spiro atoms. The Morgan fingerprint density at radius 3 is 2.67 bits per heavy atom. The lowest BCUT2D eigenvalue weighted by atomic mass is 10.2.